The lowest BCUT2D eigenvalue weighted by Crippen LogP contribution is -2.20. The molecule has 1 aromatic heterocycles. The smallest absolute Gasteiger partial charge is 0.262 e. The van der Waals surface area contributed by atoms with Gasteiger partial charge in [0.1, 0.15) is 24.2 Å². The van der Waals surface area contributed by atoms with Crippen LogP contribution >= 0.6 is 0 Å². The van der Waals surface area contributed by atoms with Gasteiger partial charge in [-0.15, -0.1) is 10.2 Å². The van der Waals surface area contributed by atoms with E-state index in [1.807, 2.05) is 19.1 Å². The van der Waals surface area contributed by atoms with Gasteiger partial charge in [-0.3, -0.25) is 9.36 Å². The first-order chi connectivity index (χ1) is 11.6. The number of benzene rings is 2. The van der Waals surface area contributed by atoms with Crippen molar-refractivity contribution < 1.29 is 14.6 Å². The number of phenolic OH excluding ortho intramolecular Hbond substituents is 1. The molecule has 3 aromatic rings. The Bertz CT molecular complexity index is 830. The van der Waals surface area contributed by atoms with Crippen LogP contribution in [0.2, 0.25) is 0 Å². The van der Waals surface area contributed by atoms with Gasteiger partial charge in [-0.2, -0.15) is 0 Å². The van der Waals surface area contributed by atoms with Crippen molar-refractivity contribution in [3.05, 3.63) is 60.7 Å². The summed E-state index contributed by atoms with van der Waals surface area (Å²) in [5.41, 5.74) is 2.40. The second kappa shape index (κ2) is 6.82. The lowest BCUT2D eigenvalue weighted by Gasteiger charge is -2.12. The van der Waals surface area contributed by atoms with E-state index < -0.39 is 0 Å². The van der Waals surface area contributed by atoms with Crippen LogP contribution in [0.5, 0.6) is 11.5 Å². The Morgan fingerprint density at radius 1 is 1.17 bits per heavy atom. The molecule has 0 spiro atoms. The number of carbonyl (C=O) groups is 1. The number of hydrogen-bond donors (Lipinski definition) is 2. The van der Waals surface area contributed by atoms with Gasteiger partial charge >= 0.3 is 0 Å². The van der Waals surface area contributed by atoms with E-state index in [-0.39, 0.29) is 18.3 Å². The summed E-state index contributed by atoms with van der Waals surface area (Å²) in [6.45, 7) is 1.83. The third kappa shape index (κ3) is 3.70. The van der Waals surface area contributed by atoms with E-state index in [2.05, 4.69) is 15.5 Å². The molecule has 0 atom stereocenters. The van der Waals surface area contributed by atoms with E-state index >= 15 is 0 Å². The Labute approximate surface area is 138 Å². The molecule has 24 heavy (non-hydrogen) atoms. The average Bonchev–Trinajstić information content (AvgIpc) is 3.10. The van der Waals surface area contributed by atoms with E-state index in [1.165, 1.54) is 12.1 Å². The predicted octanol–water partition coefficient (Wildman–Crippen LogP) is 2.30. The molecule has 2 aromatic carbocycles. The molecule has 0 aliphatic rings. The number of amides is 1. The zero-order chi connectivity index (χ0) is 16.9. The van der Waals surface area contributed by atoms with Crippen molar-refractivity contribution in [1.82, 2.24) is 14.8 Å². The van der Waals surface area contributed by atoms with Gasteiger partial charge in [0.2, 0.25) is 0 Å². The van der Waals surface area contributed by atoms with E-state index in [1.54, 1.807) is 35.4 Å². The summed E-state index contributed by atoms with van der Waals surface area (Å²) in [6, 6.07) is 11.9. The molecule has 0 fully saturated rings. The summed E-state index contributed by atoms with van der Waals surface area (Å²) in [7, 11) is 0. The third-order valence-corrected chi connectivity index (χ3v) is 3.32. The van der Waals surface area contributed by atoms with Crippen molar-refractivity contribution in [3.63, 3.8) is 0 Å². The SMILES string of the molecule is Cc1ccc(OCC(=O)Nc2ccc(O)cc2)c(-n2cnnc2)c1. The highest BCUT2D eigenvalue weighted by Gasteiger charge is 2.09. The third-order valence-electron chi connectivity index (χ3n) is 3.32. The summed E-state index contributed by atoms with van der Waals surface area (Å²) in [5.74, 6) is 0.403. The highest BCUT2D eigenvalue weighted by atomic mass is 16.5. The van der Waals surface area contributed by atoms with E-state index in [9.17, 15) is 9.90 Å². The monoisotopic (exact) mass is 324 g/mol. The zero-order valence-electron chi connectivity index (χ0n) is 13.0. The van der Waals surface area contributed by atoms with Gasteiger partial charge < -0.3 is 15.2 Å². The number of aromatic nitrogens is 3. The molecule has 0 aliphatic carbocycles. The Kier molecular flexibility index (Phi) is 4.42. The molecule has 0 aliphatic heterocycles. The van der Waals surface area contributed by atoms with Crippen LogP contribution in [-0.4, -0.2) is 32.4 Å². The van der Waals surface area contributed by atoms with Gasteiger partial charge in [0.05, 0.1) is 5.69 Å². The van der Waals surface area contributed by atoms with Gasteiger partial charge in [0.15, 0.2) is 6.61 Å². The summed E-state index contributed by atoms with van der Waals surface area (Å²) in [4.78, 5) is 12.0. The summed E-state index contributed by atoms with van der Waals surface area (Å²) in [6.07, 6.45) is 3.14. The Morgan fingerprint density at radius 3 is 2.58 bits per heavy atom. The topological polar surface area (TPSA) is 89.3 Å². The van der Waals surface area contributed by atoms with Crippen molar-refractivity contribution >= 4 is 11.6 Å². The van der Waals surface area contributed by atoms with Crippen LogP contribution in [0.4, 0.5) is 5.69 Å². The number of phenols is 1. The highest BCUT2D eigenvalue weighted by molar-refractivity contribution is 5.91. The fraction of sp³-hybridized carbons (Fsp3) is 0.118. The van der Waals surface area contributed by atoms with Gasteiger partial charge in [-0.05, 0) is 48.9 Å². The van der Waals surface area contributed by atoms with Crippen molar-refractivity contribution in [2.24, 2.45) is 0 Å². The lowest BCUT2D eigenvalue weighted by atomic mass is 10.2. The molecular weight excluding hydrogens is 308 g/mol. The fourth-order valence-corrected chi connectivity index (χ4v) is 2.16. The maximum atomic E-state index is 12.0. The van der Waals surface area contributed by atoms with Gasteiger partial charge in [-0.25, -0.2) is 0 Å². The first-order valence-corrected chi connectivity index (χ1v) is 7.29. The van der Waals surface area contributed by atoms with Crippen molar-refractivity contribution in [1.29, 1.82) is 0 Å². The second-order valence-electron chi connectivity index (χ2n) is 5.22. The number of ether oxygens (including phenoxy) is 1. The Morgan fingerprint density at radius 2 is 1.88 bits per heavy atom. The van der Waals surface area contributed by atoms with Gasteiger partial charge in [0, 0.05) is 5.69 Å². The zero-order valence-corrected chi connectivity index (χ0v) is 13.0. The largest absolute Gasteiger partial charge is 0.508 e. The van der Waals surface area contributed by atoms with Crippen LogP contribution in [-0.2, 0) is 4.79 Å². The molecule has 0 saturated heterocycles. The summed E-state index contributed by atoms with van der Waals surface area (Å²) >= 11 is 0. The van der Waals surface area contributed by atoms with Crippen molar-refractivity contribution in [2.75, 3.05) is 11.9 Å². The molecule has 122 valence electrons. The maximum Gasteiger partial charge on any atom is 0.262 e. The quantitative estimate of drug-likeness (QED) is 0.703. The van der Waals surface area contributed by atoms with Crippen LogP contribution in [0.1, 0.15) is 5.56 Å². The van der Waals surface area contributed by atoms with Gasteiger partial charge in [0.25, 0.3) is 5.91 Å². The average molecular weight is 324 g/mol. The Balaban J connectivity index is 1.68. The number of anilines is 1. The molecule has 0 saturated carbocycles. The van der Waals surface area contributed by atoms with E-state index in [4.69, 9.17) is 4.74 Å². The first kappa shape index (κ1) is 15.5. The predicted molar refractivity (Wildman–Crippen MR) is 88.3 cm³/mol. The lowest BCUT2D eigenvalue weighted by molar-refractivity contribution is -0.118. The van der Waals surface area contributed by atoms with Crippen molar-refractivity contribution in [2.45, 2.75) is 6.92 Å². The minimum atomic E-state index is -0.295. The van der Waals surface area contributed by atoms with Crippen LogP contribution in [0.25, 0.3) is 5.69 Å². The number of nitrogens with one attached hydrogen (secondary N) is 1. The van der Waals surface area contributed by atoms with Crippen LogP contribution in [0.15, 0.2) is 55.1 Å². The fourth-order valence-electron chi connectivity index (χ4n) is 2.16. The highest BCUT2D eigenvalue weighted by Crippen LogP contribution is 2.24. The number of carbonyl (C=O) groups excluding carboxylic acids is 1. The molecule has 1 heterocycles. The maximum absolute atomic E-state index is 12.0. The molecular formula is C17H16N4O3. The number of hydrogen-bond acceptors (Lipinski definition) is 5. The van der Waals surface area contributed by atoms with E-state index in [0.29, 0.717) is 11.4 Å². The molecule has 7 heteroatoms. The number of aryl methyl sites for hydroxylation is 1. The molecule has 0 unspecified atom stereocenters. The van der Waals surface area contributed by atoms with Crippen LogP contribution in [0.3, 0.4) is 0 Å². The second-order valence-corrected chi connectivity index (χ2v) is 5.22. The van der Waals surface area contributed by atoms with Crippen molar-refractivity contribution in [3.8, 4) is 17.2 Å². The first-order valence-electron chi connectivity index (χ1n) is 7.29. The number of rotatable bonds is 5. The Hall–Kier alpha value is -3.35. The minimum Gasteiger partial charge on any atom is -0.508 e. The number of nitrogens with zero attached hydrogens (tertiary/aromatic N) is 3. The standard InChI is InChI=1S/C17H16N4O3/c1-12-2-7-16(15(8-12)21-10-18-19-11-21)24-9-17(23)20-13-3-5-14(22)6-4-13/h2-8,10-11,22H,9H2,1H3,(H,20,23). The minimum absolute atomic E-state index is 0.140. The van der Waals surface area contributed by atoms with E-state index in [0.717, 1.165) is 11.3 Å². The molecule has 3 rings (SSSR count). The summed E-state index contributed by atoms with van der Waals surface area (Å²) in [5, 5.41) is 19.5. The number of aromatic hydroxyl groups is 1. The molecule has 2 N–H and O–H groups in total. The molecule has 1 amide bonds. The molecule has 0 bridgehead atoms. The molecule has 7 nitrogen and oxygen atoms in total. The summed E-state index contributed by atoms with van der Waals surface area (Å²) < 4.78 is 7.36. The molecule has 0 radical (unpaired) electrons. The van der Waals surface area contributed by atoms with Crippen LogP contribution < -0.4 is 10.1 Å². The van der Waals surface area contributed by atoms with Crippen LogP contribution in [0, 0.1) is 6.92 Å². The van der Waals surface area contributed by atoms with Gasteiger partial charge in [-0.1, -0.05) is 6.07 Å². The normalized spacial score (nSPS) is 10.4.